The van der Waals surface area contributed by atoms with Crippen LogP contribution in [0.3, 0.4) is 0 Å². The molecular formula is C48H54Cl2SiZr-4. The van der Waals surface area contributed by atoms with E-state index in [0.29, 0.717) is 5.92 Å². The molecule has 0 atom stereocenters. The molecule has 0 heterocycles. The summed E-state index contributed by atoms with van der Waals surface area (Å²) in [6.07, 6.45) is 0. The zero-order valence-electron chi connectivity index (χ0n) is 32.5. The monoisotopic (exact) mass is 818 g/mol. The molecule has 7 rings (SSSR count). The van der Waals surface area contributed by atoms with Crippen LogP contribution in [0.15, 0.2) is 127 Å². The Morgan fingerprint density at radius 1 is 0.538 bits per heavy atom. The first kappa shape index (κ1) is 47.0. The predicted octanol–water partition coefficient (Wildman–Crippen LogP) is 14.8. The van der Waals surface area contributed by atoms with Crippen molar-refractivity contribution in [2.45, 2.75) is 66.7 Å². The van der Waals surface area contributed by atoms with Gasteiger partial charge in [0.05, 0.1) is 0 Å². The van der Waals surface area contributed by atoms with E-state index in [9.17, 15) is 0 Å². The van der Waals surface area contributed by atoms with Gasteiger partial charge in [-0.1, -0.05) is 154 Å². The van der Waals surface area contributed by atoms with E-state index in [2.05, 4.69) is 190 Å². The van der Waals surface area contributed by atoms with Crippen molar-refractivity contribution in [2.75, 3.05) is 0 Å². The van der Waals surface area contributed by atoms with Crippen molar-refractivity contribution in [1.29, 1.82) is 0 Å². The topological polar surface area (TPSA) is 0 Å². The Bertz CT molecular complexity index is 2130. The van der Waals surface area contributed by atoms with Gasteiger partial charge in [0.1, 0.15) is 0 Å². The van der Waals surface area contributed by atoms with Crippen LogP contribution in [0, 0.1) is 35.6 Å². The zero-order valence-corrected chi connectivity index (χ0v) is 37.6. The van der Waals surface area contributed by atoms with Gasteiger partial charge < -0.3 is 14.9 Å². The number of hydrogen-bond acceptors (Lipinski definition) is 0. The van der Waals surface area contributed by atoms with Gasteiger partial charge in [-0.3, -0.25) is 0 Å². The van der Waals surface area contributed by atoms with E-state index >= 15 is 0 Å². The summed E-state index contributed by atoms with van der Waals surface area (Å²) in [5, 5.41) is 5.38. The Balaban J connectivity index is 0.000000464. The standard InChI is InChI=1S/C24H21.C22H25.2CH3.2ClH.Si.Zr/c1-16-4-8-19(9-5-16)21-14-22-12-18(3)13-23(22)24(15-21)20-10-6-17(2)7-11-20;1-15(2)18-13-17-7-6-8-20(21(17)14-18)16-9-11-19(12-10-16)22(3,4)5;;;;;;/h4-15H,1-3H3;6-15H,1-5H3;2*1H3;2*1H;;/q4*-1;;;;. The second-order valence-electron chi connectivity index (χ2n) is 14.4. The summed E-state index contributed by atoms with van der Waals surface area (Å²) in [6.45, 7) is 20.8. The molecule has 0 bridgehead atoms. The number of benzene rings is 5. The molecule has 7 aromatic carbocycles. The van der Waals surface area contributed by atoms with E-state index in [-0.39, 0.29) is 45.1 Å². The van der Waals surface area contributed by atoms with Gasteiger partial charge >= 0.3 is 30.2 Å². The van der Waals surface area contributed by atoms with Crippen LogP contribution in [-0.2, 0) is 28.8 Å². The third-order valence-corrected chi connectivity index (χ3v) is 9.22. The fraction of sp³-hybridized carbons (Fsp3) is 0.208. The molecule has 0 amide bonds. The molecule has 52 heavy (non-hydrogen) atoms. The predicted molar refractivity (Wildman–Crippen MR) is 235 cm³/mol. The minimum atomic E-state index is 0. The van der Waals surface area contributed by atoms with Gasteiger partial charge in [-0.25, -0.2) is 0 Å². The van der Waals surface area contributed by atoms with E-state index < -0.39 is 0 Å². The van der Waals surface area contributed by atoms with E-state index in [0.717, 1.165) is 0 Å². The van der Waals surface area contributed by atoms with Gasteiger partial charge in [0.25, 0.3) is 0 Å². The van der Waals surface area contributed by atoms with Crippen LogP contribution in [0.5, 0.6) is 0 Å². The molecule has 7 aromatic rings. The van der Waals surface area contributed by atoms with Crippen LogP contribution < -0.4 is 0 Å². The molecule has 0 fully saturated rings. The molecule has 0 N–H and O–H groups in total. The number of aryl methyl sites for hydroxylation is 3. The molecule has 272 valence electrons. The van der Waals surface area contributed by atoms with Crippen molar-refractivity contribution >= 4 is 53.2 Å². The normalized spacial score (nSPS) is 10.4. The van der Waals surface area contributed by atoms with E-state index in [1.807, 2.05) is 0 Å². The zero-order chi connectivity index (χ0) is 34.6. The van der Waals surface area contributed by atoms with Gasteiger partial charge in [0.2, 0.25) is 0 Å². The number of fused-ring (bicyclic) bond motifs is 2. The molecule has 2 radical (unpaired) electrons. The minimum absolute atomic E-state index is 0. The van der Waals surface area contributed by atoms with Crippen molar-refractivity contribution in [3.63, 3.8) is 0 Å². The maximum absolute atomic E-state index is 3.06. The second kappa shape index (κ2) is 20.5. The first-order valence-electron chi connectivity index (χ1n) is 16.9. The van der Waals surface area contributed by atoms with Crippen molar-refractivity contribution in [2.24, 2.45) is 0 Å². The number of halogens is 2. The molecular weight excluding hydrogens is 767 g/mol. The Morgan fingerprint density at radius 2 is 1.04 bits per heavy atom. The number of rotatable bonds is 4. The van der Waals surface area contributed by atoms with E-state index in [4.69, 9.17) is 0 Å². The summed E-state index contributed by atoms with van der Waals surface area (Å²) in [4.78, 5) is 0. The third kappa shape index (κ3) is 11.0. The molecule has 0 aromatic heterocycles. The van der Waals surface area contributed by atoms with Gasteiger partial charge in [-0.15, -0.1) is 87.8 Å². The average Bonchev–Trinajstić information content (AvgIpc) is 3.69. The van der Waals surface area contributed by atoms with Gasteiger partial charge in [-0.05, 0) is 47.4 Å². The summed E-state index contributed by atoms with van der Waals surface area (Å²) < 4.78 is 0. The van der Waals surface area contributed by atoms with E-state index in [1.54, 1.807) is 0 Å². The molecule has 0 unspecified atom stereocenters. The molecule has 0 aliphatic carbocycles. The fourth-order valence-electron chi connectivity index (χ4n) is 6.35. The molecule has 0 aliphatic rings. The first-order chi connectivity index (χ1) is 23.0. The Morgan fingerprint density at radius 3 is 1.58 bits per heavy atom. The van der Waals surface area contributed by atoms with Crippen molar-refractivity contribution in [3.8, 4) is 33.4 Å². The van der Waals surface area contributed by atoms with E-state index in [1.165, 1.54) is 106 Å². The molecule has 4 heteroatoms. The van der Waals surface area contributed by atoms with Crippen LogP contribution in [0.2, 0.25) is 0 Å². The van der Waals surface area contributed by atoms with Crippen molar-refractivity contribution in [1.82, 2.24) is 0 Å². The molecule has 0 spiro atoms. The molecule has 0 saturated carbocycles. The van der Waals surface area contributed by atoms with Crippen molar-refractivity contribution < 1.29 is 23.3 Å². The third-order valence-electron chi connectivity index (χ3n) is 9.22. The fourth-order valence-corrected chi connectivity index (χ4v) is 6.35. The quantitative estimate of drug-likeness (QED) is 0.123. The number of hydrogen-bond donors (Lipinski definition) is 0. The first-order valence-corrected chi connectivity index (χ1v) is 21.1. The Labute approximate surface area is 344 Å². The van der Waals surface area contributed by atoms with Crippen LogP contribution in [0.1, 0.15) is 68.4 Å². The second-order valence-corrected chi connectivity index (χ2v) is 14.4. The molecule has 0 saturated heterocycles. The molecule has 0 aliphatic heterocycles. The Kier molecular flexibility index (Phi) is 18.5. The van der Waals surface area contributed by atoms with Gasteiger partial charge in [-0.2, -0.15) is 12.1 Å². The van der Waals surface area contributed by atoms with Crippen LogP contribution in [-0.4, -0.2) is 6.88 Å². The maximum atomic E-state index is 3.06. The van der Waals surface area contributed by atoms with Crippen LogP contribution in [0.25, 0.3) is 54.9 Å². The van der Waals surface area contributed by atoms with Crippen molar-refractivity contribution in [3.05, 3.63) is 170 Å². The summed E-state index contributed by atoms with van der Waals surface area (Å²) in [7, 11) is 0. The van der Waals surface area contributed by atoms with Crippen LogP contribution in [0.4, 0.5) is 0 Å². The van der Waals surface area contributed by atoms with Gasteiger partial charge in [0, 0.05) is 0 Å². The van der Waals surface area contributed by atoms with Gasteiger partial charge in [0.15, 0.2) is 0 Å². The summed E-state index contributed by atoms with van der Waals surface area (Å²) in [6, 6.07) is 47.2. The summed E-state index contributed by atoms with van der Waals surface area (Å²) in [5.41, 5.74) is 14.7. The summed E-state index contributed by atoms with van der Waals surface area (Å²) >= 11 is 1.36. The van der Waals surface area contributed by atoms with Crippen LogP contribution >= 0.6 is 24.8 Å². The average molecular weight is 821 g/mol. The Hall–Kier alpha value is -3.00. The SMILES string of the molecule is CC(C)c1cc2c(-c3ccc(C(C)(C)C)cc3)cccc2[cH-]1.Cc1ccc(-c2cc(-c3ccc(C)cc3)c3cc(C)[cH-]c3c2)cc1.Cl.Cl.[CH3-].[CH3-].[Si]=[Zr]. The molecule has 0 nitrogen and oxygen atoms in total. The summed E-state index contributed by atoms with van der Waals surface area (Å²) in [5.74, 6) is 0.573.